The Morgan fingerprint density at radius 3 is 1.67 bits per heavy atom. The minimum Gasteiger partial charge on any atom is -0.481 e. The molecule has 0 amide bonds. The van der Waals surface area contributed by atoms with E-state index in [1.807, 2.05) is 6.92 Å². The van der Waals surface area contributed by atoms with Gasteiger partial charge in [-0.25, -0.2) is 19.9 Å². The summed E-state index contributed by atoms with van der Waals surface area (Å²) in [7, 11) is 2.93. The summed E-state index contributed by atoms with van der Waals surface area (Å²) in [5.41, 5.74) is 8.77. The first-order valence-corrected chi connectivity index (χ1v) is 21.7. The predicted octanol–water partition coefficient (Wildman–Crippen LogP) is 8.00. The van der Waals surface area contributed by atoms with Crippen molar-refractivity contribution >= 4 is 24.0 Å². The summed E-state index contributed by atoms with van der Waals surface area (Å²) in [5.74, 6) is -1.38. The summed E-state index contributed by atoms with van der Waals surface area (Å²) in [6.45, 7) is 2.32. The molecule has 1 N–H and O–H groups in total. The third kappa shape index (κ3) is 17.8. The van der Waals surface area contributed by atoms with E-state index in [1.165, 1.54) is 112 Å². The largest absolute Gasteiger partial charge is 0.481 e. The number of carboxylic acid groups (broad SMARTS) is 1. The number of methoxy groups -OCH3 is 2. The average molecular weight is 839 g/mol. The van der Waals surface area contributed by atoms with Crippen molar-refractivity contribution in [1.29, 1.82) is 0 Å². The number of nitrogens with zero attached hydrogens (tertiary/aromatic N) is 6. The van der Waals surface area contributed by atoms with Crippen molar-refractivity contribution < 1.29 is 38.5 Å². The number of ketones is 1. The van der Waals surface area contributed by atoms with Gasteiger partial charge in [-0.3, -0.25) is 29.1 Å². The molecule has 4 aromatic heterocycles. The smallest absolute Gasteiger partial charge is 0.316 e. The van der Waals surface area contributed by atoms with Crippen LogP contribution < -0.4 is 9.47 Å². The summed E-state index contributed by atoms with van der Waals surface area (Å²) in [6.07, 6.45) is 25.1. The van der Waals surface area contributed by atoms with Crippen molar-refractivity contribution in [3.8, 4) is 12.0 Å². The van der Waals surface area contributed by atoms with Crippen LogP contribution >= 0.6 is 0 Å². The van der Waals surface area contributed by atoms with Crippen molar-refractivity contribution in [2.24, 2.45) is 0 Å². The topological polar surface area (TPSA) is 194 Å². The monoisotopic (exact) mass is 838 g/mol. The number of unbranched alkanes of at least 4 members (excludes halogenated alkanes) is 2. The van der Waals surface area contributed by atoms with Crippen LogP contribution in [0.2, 0.25) is 0 Å². The maximum absolute atomic E-state index is 12.5. The van der Waals surface area contributed by atoms with Crippen LogP contribution in [0.15, 0.2) is 49.1 Å². The number of aliphatic carboxylic acids is 1. The van der Waals surface area contributed by atoms with Gasteiger partial charge in [-0.1, -0.05) is 25.0 Å². The van der Waals surface area contributed by atoms with E-state index in [2.05, 4.69) is 48.9 Å². The molecular weight excluding hydrogens is 777 g/mol. The molecule has 1 atom stereocenters. The molecule has 61 heavy (non-hydrogen) atoms. The molecule has 0 spiro atoms. The van der Waals surface area contributed by atoms with Crippen molar-refractivity contribution in [2.45, 2.75) is 141 Å². The number of aldehydes is 1. The Balaban J connectivity index is 0.000000231. The van der Waals surface area contributed by atoms with Crippen LogP contribution in [0.3, 0.4) is 0 Å². The normalized spacial score (nSPS) is 13.5. The lowest BCUT2D eigenvalue weighted by atomic mass is 9.91. The molecule has 0 fully saturated rings. The fourth-order valence-electron chi connectivity index (χ4n) is 7.35. The molecule has 2 aliphatic carbocycles. The van der Waals surface area contributed by atoms with E-state index in [0.717, 1.165) is 63.5 Å². The molecule has 0 saturated carbocycles. The van der Waals surface area contributed by atoms with Crippen LogP contribution in [0.5, 0.6) is 12.0 Å². The third-order valence-corrected chi connectivity index (χ3v) is 10.6. The number of hydrogen-bond donors (Lipinski definition) is 1. The molecule has 1 unspecified atom stereocenters. The fourth-order valence-corrected chi connectivity index (χ4v) is 7.35. The number of aromatic nitrogens is 6. The highest BCUT2D eigenvalue weighted by Gasteiger charge is 2.20. The van der Waals surface area contributed by atoms with Gasteiger partial charge in [0, 0.05) is 72.7 Å². The van der Waals surface area contributed by atoms with E-state index < -0.39 is 11.9 Å². The van der Waals surface area contributed by atoms with Crippen molar-refractivity contribution in [1.82, 2.24) is 29.9 Å². The summed E-state index contributed by atoms with van der Waals surface area (Å²) in [6, 6.07) is 9.25. The van der Waals surface area contributed by atoms with Gasteiger partial charge in [0.25, 0.3) is 0 Å². The molecule has 0 aromatic carbocycles. The van der Waals surface area contributed by atoms with Gasteiger partial charge < -0.3 is 19.3 Å². The average Bonchev–Trinajstić information content (AvgIpc) is 3.67. The number of hydrogen-bond acceptors (Lipinski definition) is 13. The summed E-state index contributed by atoms with van der Waals surface area (Å²) < 4.78 is 14.5. The lowest BCUT2D eigenvalue weighted by molar-refractivity contribution is -0.143. The van der Waals surface area contributed by atoms with E-state index in [4.69, 9.17) is 19.4 Å². The number of aryl methyl sites for hydroxylation is 6. The predicted molar refractivity (Wildman–Crippen MR) is 230 cm³/mol. The first-order chi connectivity index (χ1) is 29.7. The summed E-state index contributed by atoms with van der Waals surface area (Å²) in [5, 5.41) is 9.22. The van der Waals surface area contributed by atoms with Crippen molar-refractivity contribution in [3.05, 3.63) is 94.1 Å². The van der Waals surface area contributed by atoms with Crippen LogP contribution in [-0.4, -0.2) is 79.8 Å². The van der Waals surface area contributed by atoms with Crippen molar-refractivity contribution in [2.75, 3.05) is 20.8 Å². The maximum atomic E-state index is 12.5. The Morgan fingerprint density at radius 1 is 0.672 bits per heavy atom. The number of pyridine rings is 2. The van der Waals surface area contributed by atoms with E-state index in [9.17, 15) is 24.3 Å². The molecule has 14 heteroatoms. The van der Waals surface area contributed by atoms with Crippen LogP contribution in [0.25, 0.3) is 0 Å². The number of carboxylic acids is 1. The minimum atomic E-state index is -0.942. The lowest BCUT2D eigenvalue weighted by Gasteiger charge is -2.14. The maximum Gasteiger partial charge on any atom is 0.316 e. The van der Waals surface area contributed by atoms with Gasteiger partial charge >= 0.3 is 24.0 Å². The zero-order valence-corrected chi connectivity index (χ0v) is 36.1. The number of rotatable bonds is 19. The van der Waals surface area contributed by atoms with Crippen LogP contribution in [-0.2, 0) is 57.6 Å². The van der Waals surface area contributed by atoms with E-state index in [0.29, 0.717) is 36.9 Å². The van der Waals surface area contributed by atoms with E-state index in [1.54, 1.807) is 0 Å². The molecular formula is C47H62N6O8. The van der Waals surface area contributed by atoms with Gasteiger partial charge in [0.15, 0.2) is 6.29 Å². The number of carbonyl (C=O) groups excluding carboxylic acids is 3. The molecule has 14 nitrogen and oxygen atoms in total. The second-order valence-corrected chi connectivity index (χ2v) is 15.3. The Morgan fingerprint density at radius 2 is 1.18 bits per heavy atom. The SMILES string of the molecule is CCOC(=O)CCCCc1ccc2c(n1)CCCCC2.COc1ncc(C(CC(=O)O)CC(=O)CCCCc2ccc3c(n2)CCCCC3)cn1.COc1ncc(C=O)cn1. The number of Topliss-reactive ketones (excluding diaryl/α,β-unsaturated/α-hetero) is 1. The highest BCUT2D eigenvalue weighted by molar-refractivity contribution is 5.80. The molecule has 4 aromatic rings. The van der Waals surface area contributed by atoms with Gasteiger partial charge in [0.1, 0.15) is 5.78 Å². The molecule has 6 rings (SSSR count). The van der Waals surface area contributed by atoms with Gasteiger partial charge in [0.2, 0.25) is 0 Å². The molecule has 328 valence electrons. The Hall–Kier alpha value is -5.66. The van der Waals surface area contributed by atoms with Crippen LogP contribution in [0.1, 0.15) is 153 Å². The first-order valence-electron chi connectivity index (χ1n) is 21.7. The number of esters is 1. The van der Waals surface area contributed by atoms with Crippen molar-refractivity contribution in [3.63, 3.8) is 0 Å². The number of carbonyl (C=O) groups is 4. The molecule has 0 bridgehead atoms. The number of ether oxygens (including phenoxy) is 3. The van der Waals surface area contributed by atoms with E-state index in [-0.39, 0.29) is 36.6 Å². The van der Waals surface area contributed by atoms with Gasteiger partial charge in [0.05, 0.1) is 32.8 Å². The zero-order valence-electron chi connectivity index (χ0n) is 36.1. The van der Waals surface area contributed by atoms with Gasteiger partial charge in [-0.15, -0.1) is 0 Å². The lowest BCUT2D eigenvalue weighted by Crippen LogP contribution is -2.12. The van der Waals surface area contributed by atoms with E-state index >= 15 is 0 Å². The summed E-state index contributed by atoms with van der Waals surface area (Å²) >= 11 is 0. The fraction of sp³-hybridized carbons (Fsp3) is 0.532. The highest BCUT2D eigenvalue weighted by atomic mass is 16.5. The van der Waals surface area contributed by atoms with Crippen LogP contribution in [0, 0.1) is 0 Å². The molecule has 0 radical (unpaired) electrons. The van der Waals surface area contributed by atoms with Gasteiger partial charge in [-0.2, -0.15) is 0 Å². The molecule has 0 aliphatic heterocycles. The molecule has 2 aliphatic rings. The number of fused-ring (bicyclic) bond motifs is 2. The Labute approximate surface area is 359 Å². The quantitative estimate of drug-likeness (QED) is 0.0413. The Bertz CT molecular complexity index is 1960. The second kappa shape index (κ2) is 27.2. The third-order valence-electron chi connectivity index (χ3n) is 10.6. The summed E-state index contributed by atoms with van der Waals surface area (Å²) in [4.78, 5) is 70.2. The highest BCUT2D eigenvalue weighted by Crippen LogP contribution is 2.25. The standard InChI is InChI=1S/C24H31N3O4.C17H25NO2.C6H6N2O2/c1-31-24-25-15-19(16-26-24)18(14-23(29)30)13-21(28)9-6-5-8-20-12-11-17-7-3-2-4-10-22(17)27-20;1-2-20-17(19)11-7-6-9-15-13-12-14-8-4-3-5-10-16(14)18-15;1-10-6-7-2-5(4-9)3-8-6/h11-12,15-16,18H,2-10,13-14H2,1H3,(H,29,30);12-13H,2-11H2,1H3;2-4H,1H3. The molecule has 4 heterocycles. The zero-order chi connectivity index (χ0) is 43.7. The Kier molecular flexibility index (Phi) is 21.4. The van der Waals surface area contributed by atoms with Gasteiger partial charge in [-0.05, 0) is 126 Å². The first kappa shape index (κ1) is 48.0. The minimum absolute atomic E-state index is 0.0666. The second-order valence-electron chi connectivity index (χ2n) is 15.3. The molecule has 0 saturated heterocycles. The van der Waals surface area contributed by atoms with Crippen LogP contribution in [0.4, 0.5) is 0 Å².